The third kappa shape index (κ3) is 2.58. The molecule has 0 amide bonds. The third-order valence-electron chi connectivity index (χ3n) is 2.55. The zero-order valence-corrected chi connectivity index (χ0v) is 11.4. The number of benzene rings is 1. The molecule has 1 aromatic heterocycles. The van der Waals surface area contributed by atoms with Crippen molar-refractivity contribution >= 4 is 33.1 Å². The molecule has 0 aliphatic carbocycles. The van der Waals surface area contributed by atoms with Crippen LogP contribution >= 0.6 is 15.9 Å². The number of halogens is 1. The number of rotatable bonds is 2. The number of nitrogen functional groups attached to an aromatic ring is 1. The first-order valence-electron chi connectivity index (χ1n) is 5.32. The van der Waals surface area contributed by atoms with Crippen molar-refractivity contribution < 1.29 is 0 Å². The molecule has 0 bridgehead atoms. The molecule has 3 nitrogen and oxygen atoms in total. The van der Waals surface area contributed by atoms with E-state index in [9.17, 15) is 0 Å². The molecule has 2 aromatic rings. The monoisotopic (exact) mass is 291 g/mol. The average Bonchev–Trinajstić information content (AvgIpc) is 2.29. The molecule has 3 N–H and O–H groups in total. The van der Waals surface area contributed by atoms with Gasteiger partial charge >= 0.3 is 0 Å². The number of nitrogens with zero attached hydrogens (tertiary/aromatic N) is 1. The second-order valence-corrected chi connectivity index (χ2v) is 4.78. The summed E-state index contributed by atoms with van der Waals surface area (Å²) >= 11 is 3.55. The number of pyridine rings is 1. The number of hydrogen-bond acceptors (Lipinski definition) is 3. The summed E-state index contributed by atoms with van der Waals surface area (Å²) < 4.78 is 1.14. The minimum Gasteiger partial charge on any atom is -0.382 e. The fourth-order valence-corrected chi connectivity index (χ4v) is 1.93. The molecule has 0 spiro atoms. The quantitative estimate of drug-likeness (QED) is 0.885. The van der Waals surface area contributed by atoms with Gasteiger partial charge in [-0.1, -0.05) is 15.9 Å². The molecule has 0 radical (unpaired) electrons. The second-order valence-electron chi connectivity index (χ2n) is 3.99. The topological polar surface area (TPSA) is 50.9 Å². The molecule has 0 unspecified atom stereocenters. The second kappa shape index (κ2) is 4.75. The van der Waals surface area contributed by atoms with E-state index < -0.39 is 0 Å². The summed E-state index contributed by atoms with van der Waals surface area (Å²) in [5, 5.41) is 3.27. The fraction of sp³-hybridized carbons (Fsp3) is 0.154. The van der Waals surface area contributed by atoms with Gasteiger partial charge in [-0.3, -0.25) is 0 Å². The number of nitrogens with two attached hydrogens (primary N) is 1. The molecule has 1 aromatic carbocycles. The van der Waals surface area contributed by atoms with E-state index >= 15 is 0 Å². The van der Waals surface area contributed by atoms with Gasteiger partial charge in [-0.05, 0) is 49.2 Å². The van der Waals surface area contributed by atoms with Gasteiger partial charge in [-0.25, -0.2) is 4.98 Å². The molecule has 17 heavy (non-hydrogen) atoms. The average molecular weight is 292 g/mol. The molecule has 0 aliphatic heterocycles. The van der Waals surface area contributed by atoms with Gasteiger partial charge in [-0.15, -0.1) is 0 Å². The van der Waals surface area contributed by atoms with Crippen LogP contribution < -0.4 is 11.1 Å². The van der Waals surface area contributed by atoms with Crippen molar-refractivity contribution in [2.24, 2.45) is 0 Å². The number of hydrogen-bond donors (Lipinski definition) is 2. The SMILES string of the molecule is Cc1cc(Nc2cccnc2N)cc(C)c1Br. The Balaban J connectivity index is 2.34. The first-order valence-corrected chi connectivity index (χ1v) is 6.11. The standard InChI is InChI=1S/C13H14BrN3/c1-8-6-10(7-9(2)12(8)14)17-11-4-3-5-16-13(11)15/h3-7,17H,1-2H3,(H2,15,16). The lowest BCUT2D eigenvalue weighted by atomic mass is 10.1. The largest absolute Gasteiger partial charge is 0.382 e. The van der Waals surface area contributed by atoms with Gasteiger partial charge in [0, 0.05) is 16.4 Å². The van der Waals surface area contributed by atoms with Crippen molar-refractivity contribution in [2.45, 2.75) is 13.8 Å². The van der Waals surface area contributed by atoms with E-state index in [0.717, 1.165) is 15.8 Å². The van der Waals surface area contributed by atoms with E-state index in [4.69, 9.17) is 5.73 Å². The Kier molecular flexibility index (Phi) is 3.33. The van der Waals surface area contributed by atoms with Crippen LogP contribution in [0.25, 0.3) is 0 Å². The smallest absolute Gasteiger partial charge is 0.147 e. The van der Waals surface area contributed by atoms with E-state index in [0.29, 0.717) is 5.82 Å². The maximum Gasteiger partial charge on any atom is 0.147 e. The Morgan fingerprint density at radius 2 is 1.88 bits per heavy atom. The van der Waals surface area contributed by atoms with Crippen LogP contribution in [0.4, 0.5) is 17.2 Å². The van der Waals surface area contributed by atoms with Crippen molar-refractivity contribution in [3.63, 3.8) is 0 Å². The summed E-state index contributed by atoms with van der Waals surface area (Å²) in [6.45, 7) is 4.13. The van der Waals surface area contributed by atoms with Crippen LogP contribution in [-0.4, -0.2) is 4.98 Å². The van der Waals surface area contributed by atoms with E-state index in [1.165, 1.54) is 11.1 Å². The first-order chi connectivity index (χ1) is 8.08. The molecule has 0 saturated heterocycles. The van der Waals surface area contributed by atoms with Crippen LogP contribution in [0.2, 0.25) is 0 Å². The predicted octanol–water partition coefficient (Wildman–Crippen LogP) is 3.79. The molecule has 1 heterocycles. The maximum atomic E-state index is 5.79. The van der Waals surface area contributed by atoms with E-state index in [-0.39, 0.29) is 0 Å². The lowest BCUT2D eigenvalue weighted by molar-refractivity contribution is 1.31. The van der Waals surface area contributed by atoms with Gasteiger partial charge in [0.25, 0.3) is 0 Å². The molecule has 0 aliphatic rings. The Morgan fingerprint density at radius 3 is 2.47 bits per heavy atom. The van der Waals surface area contributed by atoms with Crippen molar-refractivity contribution in [2.75, 3.05) is 11.1 Å². The summed E-state index contributed by atoms with van der Waals surface area (Å²) in [6.07, 6.45) is 1.68. The number of aryl methyl sites for hydroxylation is 2. The van der Waals surface area contributed by atoms with Crippen molar-refractivity contribution in [3.8, 4) is 0 Å². The van der Waals surface area contributed by atoms with Crippen molar-refractivity contribution in [1.82, 2.24) is 4.98 Å². The fourth-order valence-electron chi connectivity index (χ4n) is 1.70. The number of aromatic nitrogens is 1. The van der Waals surface area contributed by atoms with Gasteiger partial charge in [-0.2, -0.15) is 0 Å². The van der Waals surface area contributed by atoms with Gasteiger partial charge < -0.3 is 11.1 Å². The highest BCUT2D eigenvalue weighted by Crippen LogP contribution is 2.28. The summed E-state index contributed by atoms with van der Waals surface area (Å²) in [6, 6.07) is 7.92. The molecule has 0 saturated carbocycles. The van der Waals surface area contributed by atoms with Crippen molar-refractivity contribution in [3.05, 3.63) is 46.1 Å². The molecular formula is C13H14BrN3. The Labute approximate surface area is 109 Å². The summed E-state index contributed by atoms with van der Waals surface area (Å²) in [5.74, 6) is 0.505. The molecule has 88 valence electrons. The molecule has 0 fully saturated rings. The lowest BCUT2D eigenvalue weighted by Gasteiger charge is -2.11. The van der Waals surface area contributed by atoms with Crippen molar-refractivity contribution in [1.29, 1.82) is 0 Å². The van der Waals surface area contributed by atoms with Crippen LogP contribution in [0.3, 0.4) is 0 Å². The minimum atomic E-state index is 0.505. The molecular weight excluding hydrogens is 278 g/mol. The van der Waals surface area contributed by atoms with E-state index in [1.807, 2.05) is 12.1 Å². The highest BCUT2D eigenvalue weighted by Gasteiger charge is 2.04. The highest BCUT2D eigenvalue weighted by molar-refractivity contribution is 9.10. The molecule has 2 rings (SSSR count). The Bertz CT molecular complexity index is 529. The van der Waals surface area contributed by atoms with Crippen LogP contribution in [-0.2, 0) is 0 Å². The van der Waals surface area contributed by atoms with Gasteiger partial charge in [0.15, 0.2) is 0 Å². The number of anilines is 3. The lowest BCUT2D eigenvalue weighted by Crippen LogP contribution is -1.99. The number of nitrogens with one attached hydrogen (secondary N) is 1. The Morgan fingerprint density at radius 1 is 1.24 bits per heavy atom. The van der Waals surface area contributed by atoms with Crippen LogP contribution in [0.5, 0.6) is 0 Å². The summed E-state index contributed by atoms with van der Waals surface area (Å²) in [7, 11) is 0. The van der Waals surface area contributed by atoms with Crippen LogP contribution in [0, 0.1) is 13.8 Å². The van der Waals surface area contributed by atoms with Gasteiger partial charge in [0.1, 0.15) is 5.82 Å². The predicted molar refractivity (Wildman–Crippen MR) is 75.5 cm³/mol. The first kappa shape index (κ1) is 11.9. The van der Waals surface area contributed by atoms with Gasteiger partial charge in [0.05, 0.1) is 5.69 Å². The maximum absolute atomic E-state index is 5.79. The third-order valence-corrected chi connectivity index (χ3v) is 3.80. The minimum absolute atomic E-state index is 0.505. The van der Waals surface area contributed by atoms with Gasteiger partial charge in [0.2, 0.25) is 0 Å². The van der Waals surface area contributed by atoms with Crippen LogP contribution in [0.15, 0.2) is 34.9 Å². The Hall–Kier alpha value is -1.55. The van der Waals surface area contributed by atoms with E-state index in [1.54, 1.807) is 6.20 Å². The summed E-state index contributed by atoms with van der Waals surface area (Å²) in [4.78, 5) is 4.04. The normalized spacial score (nSPS) is 10.3. The van der Waals surface area contributed by atoms with E-state index in [2.05, 4.69) is 52.2 Å². The van der Waals surface area contributed by atoms with Crippen LogP contribution in [0.1, 0.15) is 11.1 Å². The summed E-state index contributed by atoms with van der Waals surface area (Å²) in [5.41, 5.74) is 10.0. The molecule has 4 heteroatoms. The highest BCUT2D eigenvalue weighted by atomic mass is 79.9. The zero-order chi connectivity index (χ0) is 12.4. The zero-order valence-electron chi connectivity index (χ0n) is 9.79. The molecule has 0 atom stereocenters.